The maximum atomic E-state index is 13.4. The van der Waals surface area contributed by atoms with Crippen LogP contribution in [0, 0.1) is 6.92 Å². The second-order valence-electron chi connectivity index (χ2n) is 7.87. The molecule has 1 fully saturated rings. The van der Waals surface area contributed by atoms with Crippen LogP contribution in [0.3, 0.4) is 0 Å². The number of rotatable bonds is 8. The van der Waals surface area contributed by atoms with Gasteiger partial charge in [-0.05, 0) is 30.5 Å². The summed E-state index contributed by atoms with van der Waals surface area (Å²) in [4.78, 5) is 14.7. The van der Waals surface area contributed by atoms with Gasteiger partial charge in [0.15, 0.2) is 0 Å². The molecule has 6 nitrogen and oxygen atoms in total. The number of hydrogen-bond acceptors (Lipinski definition) is 4. The van der Waals surface area contributed by atoms with E-state index in [1.165, 1.54) is 4.31 Å². The van der Waals surface area contributed by atoms with Gasteiger partial charge in [0.1, 0.15) is 0 Å². The fourth-order valence-electron chi connectivity index (χ4n) is 3.65. The van der Waals surface area contributed by atoms with Crippen LogP contribution < -0.4 is 5.32 Å². The molecule has 0 spiro atoms. The summed E-state index contributed by atoms with van der Waals surface area (Å²) >= 11 is 0. The molecular formula is C23H31N3O3S. The molecule has 1 heterocycles. The van der Waals surface area contributed by atoms with Crippen molar-refractivity contribution in [2.75, 3.05) is 39.3 Å². The molecular weight excluding hydrogens is 398 g/mol. The molecule has 7 heteroatoms. The third-order valence-electron chi connectivity index (χ3n) is 5.55. The normalized spacial score (nSPS) is 15.9. The molecule has 0 unspecified atom stereocenters. The summed E-state index contributed by atoms with van der Waals surface area (Å²) < 4.78 is 28.2. The van der Waals surface area contributed by atoms with Crippen molar-refractivity contribution >= 4 is 15.9 Å². The number of carbonyl (C=O) groups is 1. The summed E-state index contributed by atoms with van der Waals surface area (Å²) in [5.41, 5.74) is 2.09. The smallest absolute Gasteiger partial charge is 0.243 e. The molecule has 30 heavy (non-hydrogen) atoms. The van der Waals surface area contributed by atoms with E-state index in [0.29, 0.717) is 19.6 Å². The highest BCUT2D eigenvalue weighted by Crippen LogP contribution is 2.23. The van der Waals surface area contributed by atoms with E-state index in [4.69, 9.17) is 0 Å². The highest BCUT2D eigenvalue weighted by Gasteiger charge is 2.28. The van der Waals surface area contributed by atoms with Gasteiger partial charge < -0.3 is 10.2 Å². The first-order valence-electron chi connectivity index (χ1n) is 10.5. The Labute approximate surface area is 179 Å². The molecule has 1 amide bonds. The molecule has 1 atom stereocenters. The van der Waals surface area contributed by atoms with Crippen LogP contribution >= 0.6 is 0 Å². The van der Waals surface area contributed by atoms with Gasteiger partial charge in [0, 0.05) is 45.7 Å². The predicted octanol–water partition coefficient (Wildman–Crippen LogP) is 2.61. The minimum absolute atomic E-state index is 0.00738. The van der Waals surface area contributed by atoms with Gasteiger partial charge in [-0.2, -0.15) is 4.31 Å². The molecule has 2 aromatic carbocycles. The molecule has 162 valence electrons. The van der Waals surface area contributed by atoms with Gasteiger partial charge in [-0.1, -0.05) is 55.0 Å². The molecule has 1 aliphatic heterocycles. The van der Waals surface area contributed by atoms with Crippen LogP contribution in [-0.4, -0.2) is 62.8 Å². The Balaban J connectivity index is 1.78. The number of hydrogen-bond donors (Lipinski definition) is 1. The average Bonchev–Trinajstić information content (AvgIpc) is 2.77. The van der Waals surface area contributed by atoms with Crippen molar-refractivity contribution in [1.82, 2.24) is 14.5 Å². The number of aryl methyl sites for hydroxylation is 1. The van der Waals surface area contributed by atoms with Gasteiger partial charge in [-0.25, -0.2) is 8.42 Å². The molecule has 0 bridgehead atoms. The number of nitrogens with one attached hydrogen (secondary N) is 1. The number of sulfonamides is 1. The summed E-state index contributed by atoms with van der Waals surface area (Å²) in [6.07, 6.45) is 0.187. The highest BCUT2D eigenvalue weighted by molar-refractivity contribution is 7.89. The Bertz CT molecular complexity index is 924. The van der Waals surface area contributed by atoms with Crippen LogP contribution in [0.2, 0.25) is 0 Å². The summed E-state index contributed by atoms with van der Waals surface area (Å²) in [7, 11) is -3.70. The largest absolute Gasteiger partial charge is 0.340 e. The topological polar surface area (TPSA) is 69.7 Å². The lowest BCUT2D eigenvalue weighted by molar-refractivity contribution is -0.131. The minimum Gasteiger partial charge on any atom is -0.340 e. The standard InChI is InChI=1S/C23H31N3O3S/c1-19-8-10-22(11-9-19)30(28,29)26(18-20(2)21-6-4-3-5-7-21)15-12-23(27)25-16-13-24-14-17-25/h3-11,20,24H,12-18H2,1-2H3/t20-/m1/s1. The molecule has 1 N–H and O–H groups in total. The molecule has 1 aliphatic rings. The first-order chi connectivity index (χ1) is 14.4. The van der Waals surface area contributed by atoms with Crippen molar-refractivity contribution in [3.8, 4) is 0 Å². The Kier molecular flexibility index (Phi) is 7.64. The van der Waals surface area contributed by atoms with Crippen molar-refractivity contribution in [1.29, 1.82) is 0 Å². The Hall–Kier alpha value is -2.22. The second kappa shape index (κ2) is 10.2. The first kappa shape index (κ1) is 22.5. The maximum Gasteiger partial charge on any atom is 0.243 e. The quantitative estimate of drug-likeness (QED) is 0.700. The van der Waals surface area contributed by atoms with Gasteiger partial charge in [0.2, 0.25) is 15.9 Å². The van der Waals surface area contributed by atoms with Crippen LogP contribution in [0.25, 0.3) is 0 Å². The molecule has 0 aromatic heterocycles. The number of nitrogens with zero attached hydrogens (tertiary/aromatic N) is 2. The van der Waals surface area contributed by atoms with Gasteiger partial charge in [-0.3, -0.25) is 4.79 Å². The predicted molar refractivity (Wildman–Crippen MR) is 119 cm³/mol. The third-order valence-corrected chi connectivity index (χ3v) is 7.43. The highest BCUT2D eigenvalue weighted by atomic mass is 32.2. The monoisotopic (exact) mass is 429 g/mol. The zero-order valence-corrected chi connectivity index (χ0v) is 18.6. The van der Waals surface area contributed by atoms with Crippen LogP contribution in [0.15, 0.2) is 59.5 Å². The van der Waals surface area contributed by atoms with Gasteiger partial charge in [0.05, 0.1) is 4.90 Å². The van der Waals surface area contributed by atoms with Crippen molar-refractivity contribution in [3.05, 3.63) is 65.7 Å². The van der Waals surface area contributed by atoms with E-state index >= 15 is 0 Å². The van der Waals surface area contributed by atoms with Crippen molar-refractivity contribution < 1.29 is 13.2 Å². The minimum atomic E-state index is -3.70. The molecule has 0 saturated carbocycles. The Morgan fingerprint density at radius 2 is 1.70 bits per heavy atom. The number of amides is 1. The van der Waals surface area contributed by atoms with E-state index in [2.05, 4.69) is 5.32 Å². The summed E-state index contributed by atoms with van der Waals surface area (Å²) in [6.45, 7) is 7.35. The third kappa shape index (κ3) is 5.68. The second-order valence-corrected chi connectivity index (χ2v) is 9.81. The maximum absolute atomic E-state index is 13.4. The van der Waals surface area contributed by atoms with Crippen molar-refractivity contribution in [3.63, 3.8) is 0 Å². The van der Waals surface area contributed by atoms with Crippen molar-refractivity contribution in [2.45, 2.75) is 31.1 Å². The van der Waals surface area contributed by atoms with E-state index in [1.807, 2.05) is 49.1 Å². The van der Waals surface area contributed by atoms with E-state index in [-0.39, 0.29) is 29.7 Å². The number of benzene rings is 2. The Morgan fingerprint density at radius 1 is 1.07 bits per heavy atom. The first-order valence-corrected chi connectivity index (χ1v) is 11.9. The fourth-order valence-corrected chi connectivity index (χ4v) is 5.18. The van der Waals surface area contributed by atoms with Gasteiger partial charge >= 0.3 is 0 Å². The molecule has 2 aromatic rings. The van der Waals surface area contributed by atoms with Crippen LogP contribution in [0.5, 0.6) is 0 Å². The summed E-state index contributed by atoms with van der Waals surface area (Å²) in [6, 6.07) is 16.8. The lowest BCUT2D eigenvalue weighted by atomic mass is 10.0. The van der Waals surface area contributed by atoms with Crippen LogP contribution in [0.1, 0.15) is 30.4 Å². The summed E-state index contributed by atoms with van der Waals surface area (Å²) in [5.74, 6) is 0.0219. The zero-order chi connectivity index (χ0) is 21.6. The number of piperazine rings is 1. The lowest BCUT2D eigenvalue weighted by Gasteiger charge is -2.29. The molecule has 1 saturated heterocycles. The summed E-state index contributed by atoms with van der Waals surface area (Å²) in [5, 5.41) is 3.23. The zero-order valence-electron chi connectivity index (χ0n) is 17.8. The number of carbonyl (C=O) groups excluding carboxylic acids is 1. The fraction of sp³-hybridized carbons (Fsp3) is 0.435. The van der Waals surface area contributed by atoms with E-state index < -0.39 is 10.0 Å². The SMILES string of the molecule is Cc1ccc(S(=O)(=O)N(CCC(=O)N2CCNCC2)C[C@@H](C)c2ccccc2)cc1. The van der Waals surface area contributed by atoms with Gasteiger partial charge in [0.25, 0.3) is 0 Å². The van der Waals surface area contributed by atoms with E-state index in [0.717, 1.165) is 24.2 Å². The lowest BCUT2D eigenvalue weighted by Crippen LogP contribution is -2.47. The molecule has 3 rings (SSSR count). The Morgan fingerprint density at radius 3 is 2.33 bits per heavy atom. The average molecular weight is 430 g/mol. The van der Waals surface area contributed by atoms with Crippen LogP contribution in [0.4, 0.5) is 0 Å². The van der Waals surface area contributed by atoms with E-state index in [9.17, 15) is 13.2 Å². The van der Waals surface area contributed by atoms with E-state index in [1.54, 1.807) is 24.3 Å². The van der Waals surface area contributed by atoms with Crippen LogP contribution in [-0.2, 0) is 14.8 Å². The van der Waals surface area contributed by atoms with Gasteiger partial charge in [-0.15, -0.1) is 0 Å². The molecule has 0 radical (unpaired) electrons. The molecule has 0 aliphatic carbocycles. The van der Waals surface area contributed by atoms with Crippen molar-refractivity contribution in [2.24, 2.45) is 0 Å².